The average Bonchev–Trinajstić information content (AvgIpc) is 3.84. The van der Waals surface area contributed by atoms with E-state index >= 15 is 0 Å². The summed E-state index contributed by atoms with van der Waals surface area (Å²) in [5.41, 5.74) is 11.2. The van der Waals surface area contributed by atoms with Crippen molar-refractivity contribution < 1.29 is 0 Å². The van der Waals surface area contributed by atoms with E-state index in [1.807, 2.05) is 103 Å². The zero-order valence-electron chi connectivity index (χ0n) is 32.0. The van der Waals surface area contributed by atoms with Gasteiger partial charge in [-0.1, -0.05) is 127 Å². The maximum atomic E-state index is 10.6. The molecule has 0 bridgehead atoms. The standard InChI is InChI=1S/C53H31N7/c54-32-34-23-26-50(44(29-34)53-57-51(35-13-3-1-4-14-35)56-52(58-53)36-15-5-2-6-16-36)60-48-22-12-9-19-42(48)43-31-38(25-28-49(43)60)37-24-27-45(39(30-37)33-55)59-46-20-10-7-17-40(46)41-18-8-11-21-47(41)59/h1-31H. The fraction of sp³-hybridized carbons (Fsp3) is 0. The quantitative estimate of drug-likeness (QED) is 0.168. The summed E-state index contributed by atoms with van der Waals surface area (Å²) in [6, 6.07) is 67.9. The highest BCUT2D eigenvalue weighted by molar-refractivity contribution is 6.11. The Morgan fingerprint density at radius 1 is 0.350 bits per heavy atom. The largest absolute Gasteiger partial charge is 0.308 e. The molecule has 11 rings (SSSR count). The predicted molar refractivity (Wildman–Crippen MR) is 240 cm³/mol. The van der Waals surface area contributed by atoms with Gasteiger partial charge in [0.1, 0.15) is 6.07 Å². The van der Waals surface area contributed by atoms with Gasteiger partial charge in [0.15, 0.2) is 17.5 Å². The third kappa shape index (κ3) is 5.61. The number of nitrogens with zero attached hydrogens (tertiary/aromatic N) is 7. The topological polar surface area (TPSA) is 96.1 Å². The van der Waals surface area contributed by atoms with Crippen LogP contribution < -0.4 is 0 Å². The number of aromatic nitrogens is 5. The summed E-state index contributed by atoms with van der Waals surface area (Å²) in [6.07, 6.45) is 0. The second-order valence-corrected chi connectivity index (χ2v) is 14.7. The fourth-order valence-corrected chi connectivity index (χ4v) is 8.50. The zero-order chi connectivity index (χ0) is 40.2. The lowest BCUT2D eigenvalue weighted by molar-refractivity contribution is 1.06. The second-order valence-electron chi connectivity index (χ2n) is 14.7. The van der Waals surface area contributed by atoms with Crippen LogP contribution in [-0.2, 0) is 0 Å². The summed E-state index contributed by atoms with van der Waals surface area (Å²) in [5.74, 6) is 1.55. The van der Waals surface area contributed by atoms with Crippen molar-refractivity contribution in [3.05, 3.63) is 199 Å². The Balaban J connectivity index is 1.09. The number of rotatable bonds is 6. The number of benzene rings is 8. The van der Waals surface area contributed by atoms with E-state index in [4.69, 9.17) is 15.0 Å². The summed E-state index contributed by atoms with van der Waals surface area (Å²) in [6.45, 7) is 0. The van der Waals surface area contributed by atoms with Gasteiger partial charge in [-0.05, 0) is 71.8 Å². The van der Waals surface area contributed by atoms with Gasteiger partial charge in [0.05, 0.1) is 50.6 Å². The van der Waals surface area contributed by atoms with Gasteiger partial charge in [0.2, 0.25) is 0 Å². The van der Waals surface area contributed by atoms with Gasteiger partial charge in [-0.3, -0.25) is 0 Å². The van der Waals surface area contributed by atoms with Crippen LogP contribution in [0.5, 0.6) is 0 Å². The molecule has 7 nitrogen and oxygen atoms in total. The van der Waals surface area contributed by atoms with Gasteiger partial charge in [-0.15, -0.1) is 0 Å². The van der Waals surface area contributed by atoms with Crippen LogP contribution in [0.1, 0.15) is 11.1 Å². The van der Waals surface area contributed by atoms with Crippen molar-refractivity contribution in [2.75, 3.05) is 0 Å². The smallest absolute Gasteiger partial charge is 0.166 e. The third-order valence-electron chi connectivity index (χ3n) is 11.3. The van der Waals surface area contributed by atoms with Crippen LogP contribution in [0.15, 0.2) is 188 Å². The molecule has 60 heavy (non-hydrogen) atoms. The first-order valence-corrected chi connectivity index (χ1v) is 19.6. The summed E-state index contributed by atoms with van der Waals surface area (Å²) in [4.78, 5) is 15.0. The highest BCUT2D eigenvalue weighted by Gasteiger charge is 2.21. The van der Waals surface area contributed by atoms with Crippen LogP contribution in [0.4, 0.5) is 0 Å². The fourth-order valence-electron chi connectivity index (χ4n) is 8.50. The Kier molecular flexibility index (Phi) is 8.11. The van der Waals surface area contributed by atoms with Gasteiger partial charge in [0, 0.05) is 38.2 Å². The van der Waals surface area contributed by atoms with E-state index in [1.165, 1.54) is 0 Å². The minimum atomic E-state index is 0.463. The van der Waals surface area contributed by atoms with E-state index in [0.717, 1.165) is 77.2 Å². The van der Waals surface area contributed by atoms with Crippen molar-refractivity contribution in [1.29, 1.82) is 10.5 Å². The minimum Gasteiger partial charge on any atom is -0.308 e. The molecule has 0 N–H and O–H groups in total. The van der Waals surface area contributed by atoms with Crippen LogP contribution in [0.3, 0.4) is 0 Å². The van der Waals surface area contributed by atoms with E-state index in [9.17, 15) is 10.5 Å². The molecule has 0 saturated heterocycles. The van der Waals surface area contributed by atoms with Crippen molar-refractivity contribution >= 4 is 43.6 Å². The molecule has 8 aromatic carbocycles. The number of fused-ring (bicyclic) bond motifs is 6. The summed E-state index contributed by atoms with van der Waals surface area (Å²) < 4.78 is 4.42. The van der Waals surface area contributed by atoms with Crippen LogP contribution in [0, 0.1) is 22.7 Å². The number of hydrogen-bond acceptors (Lipinski definition) is 5. The maximum Gasteiger partial charge on any atom is 0.166 e. The molecule has 0 atom stereocenters. The second kappa shape index (κ2) is 14.1. The summed E-state index contributed by atoms with van der Waals surface area (Å²) in [7, 11) is 0. The van der Waals surface area contributed by atoms with Crippen molar-refractivity contribution in [3.63, 3.8) is 0 Å². The molecule has 0 saturated carbocycles. The molecule has 3 heterocycles. The predicted octanol–water partition coefficient (Wildman–Crippen LogP) is 12.5. The van der Waals surface area contributed by atoms with Crippen LogP contribution >= 0.6 is 0 Å². The van der Waals surface area contributed by atoms with Gasteiger partial charge < -0.3 is 9.13 Å². The molecule has 0 aliphatic heterocycles. The van der Waals surface area contributed by atoms with Gasteiger partial charge in [-0.2, -0.15) is 10.5 Å². The molecule has 7 heteroatoms. The maximum absolute atomic E-state index is 10.6. The van der Waals surface area contributed by atoms with Gasteiger partial charge in [-0.25, -0.2) is 15.0 Å². The van der Waals surface area contributed by atoms with Crippen molar-refractivity contribution in [2.45, 2.75) is 0 Å². The van der Waals surface area contributed by atoms with Crippen LogP contribution in [0.2, 0.25) is 0 Å². The summed E-state index contributed by atoms with van der Waals surface area (Å²) in [5, 5.41) is 25.2. The molecule has 11 aromatic rings. The first-order chi connectivity index (χ1) is 29.7. The number of para-hydroxylation sites is 3. The lowest BCUT2D eigenvalue weighted by atomic mass is 10.00. The van der Waals surface area contributed by atoms with Gasteiger partial charge >= 0.3 is 0 Å². The molecule has 0 spiro atoms. The molecule has 0 unspecified atom stereocenters. The van der Waals surface area contributed by atoms with Crippen LogP contribution in [0.25, 0.3) is 100 Å². The molecule has 0 amide bonds. The molecule has 0 fully saturated rings. The normalized spacial score (nSPS) is 11.3. The highest BCUT2D eigenvalue weighted by atomic mass is 15.1. The Labute approximate surface area is 345 Å². The van der Waals surface area contributed by atoms with E-state index in [-0.39, 0.29) is 0 Å². The van der Waals surface area contributed by atoms with Gasteiger partial charge in [0.25, 0.3) is 0 Å². The molecule has 0 radical (unpaired) electrons. The number of nitriles is 2. The molecular weight excluding hydrogens is 735 g/mol. The average molecular weight is 766 g/mol. The molecule has 278 valence electrons. The molecule has 0 aliphatic carbocycles. The first-order valence-electron chi connectivity index (χ1n) is 19.6. The van der Waals surface area contributed by atoms with E-state index < -0.39 is 0 Å². The Bertz CT molecular complexity index is 3460. The van der Waals surface area contributed by atoms with Crippen molar-refractivity contribution in [1.82, 2.24) is 24.1 Å². The zero-order valence-corrected chi connectivity index (χ0v) is 32.0. The molecule has 0 aliphatic rings. The third-order valence-corrected chi connectivity index (χ3v) is 11.3. The van der Waals surface area contributed by atoms with Crippen molar-refractivity contribution in [3.8, 4) is 68.8 Å². The van der Waals surface area contributed by atoms with Crippen LogP contribution in [-0.4, -0.2) is 24.1 Å². The monoisotopic (exact) mass is 765 g/mol. The van der Waals surface area contributed by atoms with E-state index in [1.54, 1.807) is 0 Å². The summed E-state index contributed by atoms with van der Waals surface area (Å²) >= 11 is 0. The molecule has 3 aromatic heterocycles. The first kappa shape index (κ1) is 34.6. The molecular formula is C53H31N7. The Morgan fingerprint density at radius 3 is 1.40 bits per heavy atom. The van der Waals surface area contributed by atoms with Crippen molar-refractivity contribution in [2.24, 2.45) is 0 Å². The lowest BCUT2D eigenvalue weighted by Gasteiger charge is -2.15. The Morgan fingerprint density at radius 2 is 0.817 bits per heavy atom. The minimum absolute atomic E-state index is 0.463. The number of hydrogen-bond donors (Lipinski definition) is 0. The van der Waals surface area contributed by atoms with E-state index in [2.05, 4.69) is 106 Å². The van der Waals surface area contributed by atoms with E-state index in [0.29, 0.717) is 34.2 Å². The SMILES string of the molecule is N#Cc1ccc(-n2c3ccccc3c3cc(-c4ccc(-n5c6ccccc6c6ccccc65)c(C#N)c4)ccc32)c(-c2nc(-c3ccccc3)nc(-c3ccccc3)n2)c1. The highest BCUT2D eigenvalue weighted by Crippen LogP contribution is 2.40. The Hall–Kier alpha value is -8.65. The lowest BCUT2D eigenvalue weighted by Crippen LogP contribution is -2.04.